The van der Waals surface area contributed by atoms with Crippen molar-refractivity contribution in [3.8, 4) is 6.07 Å². The lowest BCUT2D eigenvalue weighted by Crippen LogP contribution is -2.34. The zero-order valence-electron chi connectivity index (χ0n) is 10.8. The van der Waals surface area contributed by atoms with E-state index < -0.39 is 0 Å². The molecule has 0 radical (unpaired) electrons. The molecule has 0 spiro atoms. The minimum Gasteiger partial charge on any atom is -0.367 e. The topological polar surface area (TPSA) is 27.0 Å². The Hall–Kier alpha value is -1.20. The predicted molar refractivity (Wildman–Crippen MR) is 76.1 cm³/mol. The van der Waals surface area contributed by atoms with E-state index in [2.05, 4.69) is 17.9 Å². The average Bonchev–Trinajstić information content (AvgIpc) is 2.63. The summed E-state index contributed by atoms with van der Waals surface area (Å²) in [4.78, 5) is 2.40. The Morgan fingerprint density at radius 3 is 2.94 bits per heavy atom. The first kappa shape index (κ1) is 13.2. The summed E-state index contributed by atoms with van der Waals surface area (Å²) in [7, 11) is 0. The summed E-state index contributed by atoms with van der Waals surface area (Å²) in [6, 6.07) is 8.48. The predicted octanol–water partition coefficient (Wildman–Crippen LogP) is 4.37. The third-order valence-electron chi connectivity index (χ3n) is 3.74. The molecular weight excluding hydrogens is 244 g/mol. The smallest absolute Gasteiger partial charge is 0.101 e. The second-order valence-electron chi connectivity index (χ2n) is 4.88. The van der Waals surface area contributed by atoms with Crippen molar-refractivity contribution in [3.05, 3.63) is 28.8 Å². The van der Waals surface area contributed by atoms with E-state index in [-0.39, 0.29) is 0 Å². The minimum absolute atomic E-state index is 0.556. The lowest BCUT2D eigenvalue weighted by Gasteiger charge is -2.32. The molecule has 96 valence electrons. The van der Waals surface area contributed by atoms with Crippen LogP contribution in [0.15, 0.2) is 18.2 Å². The molecule has 1 aromatic carbocycles. The molecule has 1 aliphatic heterocycles. The van der Waals surface area contributed by atoms with Gasteiger partial charge in [0, 0.05) is 17.6 Å². The second-order valence-corrected chi connectivity index (χ2v) is 5.31. The van der Waals surface area contributed by atoms with Crippen LogP contribution in [0.5, 0.6) is 0 Å². The van der Waals surface area contributed by atoms with Crippen molar-refractivity contribution in [1.29, 1.82) is 5.26 Å². The molecule has 2 rings (SSSR count). The van der Waals surface area contributed by atoms with E-state index in [1.165, 1.54) is 25.7 Å². The van der Waals surface area contributed by atoms with Crippen LogP contribution in [0, 0.1) is 11.3 Å². The van der Waals surface area contributed by atoms with Crippen LogP contribution in [-0.2, 0) is 0 Å². The van der Waals surface area contributed by atoms with E-state index in [1.807, 2.05) is 12.1 Å². The lowest BCUT2D eigenvalue weighted by molar-refractivity contribution is 0.556. The fraction of sp³-hybridized carbons (Fsp3) is 0.533. The van der Waals surface area contributed by atoms with Crippen LogP contribution >= 0.6 is 11.6 Å². The van der Waals surface area contributed by atoms with Crippen molar-refractivity contribution >= 4 is 17.3 Å². The molecule has 1 saturated heterocycles. The molecule has 0 saturated carbocycles. The molecule has 1 atom stereocenters. The molecule has 3 heteroatoms. The molecule has 0 N–H and O–H groups in total. The van der Waals surface area contributed by atoms with E-state index in [0.29, 0.717) is 16.6 Å². The molecule has 1 fully saturated rings. The van der Waals surface area contributed by atoms with Crippen molar-refractivity contribution in [1.82, 2.24) is 0 Å². The minimum atomic E-state index is 0.556. The second kappa shape index (κ2) is 6.11. The van der Waals surface area contributed by atoms with Gasteiger partial charge in [-0.15, -0.1) is 0 Å². The van der Waals surface area contributed by atoms with Crippen molar-refractivity contribution in [3.63, 3.8) is 0 Å². The fourth-order valence-corrected chi connectivity index (χ4v) is 2.94. The molecule has 1 aliphatic rings. The highest BCUT2D eigenvalue weighted by Gasteiger charge is 2.21. The van der Waals surface area contributed by atoms with E-state index >= 15 is 0 Å². The Balaban J connectivity index is 2.36. The highest BCUT2D eigenvalue weighted by molar-refractivity contribution is 6.30. The van der Waals surface area contributed by atoms with Crippen LogP contribution in [0.3, 0.4) is 0 Å². The van der Waals surface area contributed by atoms with Crippen molar-refractivity contribution < 1.29 is 0 Å². The van der Waals surface area contributed by atoms with Crippen LogP contribution in [0.4, 0.5) is 5.69 Å². The molecule has 2 nitrogen and oxygen atoms in total. The van der Waals surface area contributed by atoms with Gasteiger partial charge in [0.25, 0.3) is 0 Å². The Bertz CT molecular complexity index is 450. The molecule has 1 heterocycles. The highest BCUT2D eigenvalue weighted by atomic mass is 35.5. The maximum atomic E-state index is 9.27. The fourth-order valence-electron chi connectivity index (χ4n) is 2.77. The van der Waals surface area contributed by atoms with Gasteiger partial charge in [0.1, 0.15) is 6.07 Å². The third-order valence-corrected chi connectivity index (χ3v) is 3.97. The Labute approximate surface area is 114 Å². The van der Waals surface area contributed by atoms with Gasteiger partial charge in [-0.3, -0.25) is 0 Å². The van der Waals surface area contributed by atoms with E-state index in [4.69, 9.17) is 11.6 Å². The van der Waals surface area contributed by atoms with E-state index in [0.717, 1.165) is 18.7 Å². The van der Waals surface area contributed by atoms with Gasteiger partial charge < -0.3 is 4.90 Å². The Morgan fingerprint density at radius 2 is 2.22 bits per heavy atom. The molecule has 0 aliphatic carbocycles. The summed E-state index contributed by atoms with van der Waals surface area (Å²) in [5, 5.41) is 9.90. The van der Waals surface area contributed by atoms with Crippen LogP contribution < -0.4 is 4.90 Å². The molecule has 1 aromatic rings. The SMILES string of the molecule is CCC1CCCCCN1c1ccc(Cl)cc1C#N. The molecule has 1 unspecified atom stereocenters. The summed E-state index contributed by atoms with van der Waals surface area (Å²) in [5.41, 5.74) is 1.75. The van der Waals surface area contributed by atoms with Crippen molar-refractivity contribution in [2.24, 2.45) is 0 Å². The van der Waals surface area contributed by atoms with Gasteiger partial charge in [-0.05, 0) is 37.5 Å². The van der Waals surface area contributed by atoms with Crippen LogP contribution in [-0.4, -0.2) is 12.6 Å². The van der Waals surface area contributed by atoms with Gasteiger partial charge in [-0.2, -0.15) is 5.26 Å². The quantitative estimate of drug-likeness (QED) is 0.791. The van der Waals surface area contributed by atoms with E-state index in [1.54, 1.807) is 6.07 Å². The molecular formula is C15H19ClN2. The summed E-state index contributed by atoms with van der Waals surface area (Å²) in [6.07, 6.45) is 6.16. The zero-order valence-corrected chi connectivity index (χ0v) is 11.6. The number of hydrogen-bond donors (Lipinski definition) is 0. The van der Waals surface area contributed by atoms with Gasteiger partial charge in [0.2, 0.25) is 0 Å². The normalized spacial score (nSPS) is 20.3. The van der Waals surface area contributed by atoms with Gasteiger partial charge in [0.15, 0.2) is 0 Å². The molecule has 0 bridgehead atoms. The Morgan fingerprint density at radius 1 is 1.39 bits per heavy atom. The summed E-state index contributed by atoms with van der Waals surface area (Å²) < 4.78 is 0. The standard InChI is InChI=1S/C15H19ClN2/c1-2-14-6-4-3-5-9-18(14)15-8-7-13(16)10-12(15)11-17/h7-8,10,14H,2-6,9H2,1H3. The first-order chi connectivity index (χ1) is 8.76. The average molecular weight is 263 g/mol. The van der Waals surface area contributed by atoms with Crippen LogP contribution in [0.25, 0.3) is 0 Å². The zero-order chi connectivity index (χ0) is 13.0. The van der Waals surface area contributed by atoms with Gasteiger partial charge in [-0.1, -0.05) is 31.4 Å². The number of anilines is 1. The van der Waals surface area contributed by atoms with Gasteiger partial charge in [-0.25, -0.2) is 0 Å². The van der Waals surface area contributed by atoms with Crippen LogP contribution in [0.1, 0.15) is 44.6 Å². The number of nitriles is 1. The summed E-state index contributed by atoms with van der Waals surface area (Å²) in [5.74, 6) is 0. The molecule has 18 heavy (non-hydrogen) atoms. The maximum Gasteiger partial charge on any atom is 0.101 e. The number of rotatable bonds is 2. The largest absolute Gasteiger partial charge is 0.367 e. The number of halogens is 1. The first-order valence-corrected chi connectivity index (χ1v) is 7.10. The van der Waals surface area contributed by atoms with Gasteiger partial charge in [0.05, 0.1) is 11.3 Å². The highest BCUT2D eigenvalue weighted by Crippen LogP contribution is 2.30. The van der Waals surface area contributed by atoms with Gasteiger partial charge >= 0.3 is 0 Å². The third kappa shape index (κ3) is 2.79. The number of benzene rings is 1. The number of hydrogen-bond acceptors (Lipinski definition) is 2. The van der Waals surface area contributed by atoms with Crippen LogP contribution in [0.2, 0.25) is 5.02 Å². The molecule has 0 aromatic heterocycles. The maximum absolute atomic E-state index is 9.27. The van der Waals surface area contributed by atoms with Crippen molar-refractivity contribution in [2.45, 2.75) is 45.1 Å². The Kier molecular flexibility index (Phi) is 4.49. The summed E-state index contributed by atoms with van der Waals surface area (Å²) >= 11 is 5.97. The molecule has 0 amide bonds. The number of nitrogens with zero attached hydrogens (tertiary/aromatic N) is 2. The lowest BCUT2D eigenvalue weighted by atomic mass is 10.1. The summed E-state index contributed by atoms with van der Waals surface area (Å²) in [6.45, 7) is 3.28. The first-order valence-electron chi connectivity index (χ1n) is 6.72. The monoisotopic (exact) mass is 262 g/mol. The van der Waals surface area contributed by atoms with E-state index in [9.17, 15) is 5.26 Å². The van der Waals surface area contributed by atoms with Crippen molar-refractivity contribution in [2.75, 3.05) is 11.4 Å².